The van der Waals surface area contributed by atoms with Crippen LogP contribution in [-0.4, -0.2) is 50.2 Å². The maximum absolute atomic E-state index is 5.69. The number of nitrogens with zero attached hydrogens (tertiary/aromatic N) is 2. The first-order chi connectivity index (χ1) is 13.2. The van der Waals surface area contributed by atoms with E-state index >= 15 is 0 Å². The van der Waals surface area contributed by atoms with Gasteiger partial charge in [-0.1, -0.05) is 37.1 Å². The fraction of sp³-hybridized carbons (Fsp3) is 0.682. The van der Waals surface area contributed by atoms with Crippen molar-refractivity contribution in [3.63, 3.8) is 0 Å². The average Bonchev–Trinajstić information content (AvgIpc) is 2.95. The molecule has 0 bridgehead atoms. The number of aliphatic imine (C=N–C) groups is 1. The highest BCUT2D eigenvalue weighted by molar-refractivity contribution is 14.0. The van der Waals surface area contributed by atoms with Gasteiger partial charge in [0.25, 0.3) is 0 Å². The van der Waals surface area contributed by atoms with Crippen LogP contribution in [0.2, 0.25) is 0 Å². The first kappa shape index (κ1) is 25.2. The largest absolute Gasteiger partial charge is 0.374 e. The van der Waals surface area contributed by atoms with Crippen molar-refractivity contribution in [3.05, 3.63) is 35.4 Å². The molecule has 2 N–H and O–H groups in total. The second-order valence-electron chi connectivity index (χ2n) is 7.64. The summed E-state index contributed by atoms with van der Waals surface area (Å²) in [5, 5.41) is 6.85. The van der Waals surface area contributed by atoms with Gasteiger partial charge in [0, 0.05) is 20.1 Å². The monoisotopic (exact) mass is 502 g/mol. The van der Waals surface area contributed by atoms with Gasteiger partial charge < -0.3 is 20.3 Å². The molecule has 2 rings (SSSR count). The smallest absolute Gasteiger partial charge is 0.191 e. The van der Waals surface area contributed by atoms with Crippen LogP contribution in [0, 0.1) is 0 Å². The zero-order valence-electron chi connectivity index (χ0n) is 17.9. The normalized spacial score (nSPS) is 15.8. The van der Waals surface area contributed by atoms with E-state index in [2.05, 4.69) is 58.6 Å². The van der Waals surface area contributed by atoms with Crippen molar-refractivity contribution in [3.8, 4) is 0 Å². The molecule has 0 amide bonds. The minimum absolute atomic E-state index is 0. The Morgan fingerprint density at radius 3 is 2.50 bits per heavy atom. The Morgan fingerprint density at radius 1 is 1.11 bits per heavy atom. The Morgan fingerprint density at radius 2 is 1.82 bits per heavy atom. The Hall–Kier alpha value is -0.860. The van der Waals surface area contributed by atoms with Crippen molar-refractivity contribution in [2.24, 2.45) is 4.99 Å². The van der Waals surface area contributed by atoms with Gasteiger partial charge in [-0.15, -0.1) is 24.0 Å². The van der Waals surface area contributed by atoms with Crippen molar-refractivity contribution in [2.75, 3.05) is 33.2 Å². The van der Waals surface area contributed by atoms with E-state index in [4.69, 9.17) is 4.74 Å². The van der Waals surface area contributed by atoms with E-state index in [1.807, 2.05) is 7.05 Å². The average molecular weight is 502 g/mol. The molecule has 6 heteroatoms. The number of hydrogen-bond donors (Lipinski definition) is 2. The maximum atomic E-state index is 5.69. The molecule has 0 saturated carbocycles. The van der Waals surface area contributed by atoms with E-state index in [1.165, 1.54) is 56.4 Å². The van der Waals surface area contributed by atoms with Gasteiger partial charge in [0.2, 0.25) is 0 Å². The van der Waals surface area contributed by atoms with E-state index in [9.17, 15) is 0 Å². The third-order valence-corrected chi connectivity index (χ3v) is 4.90. The van der Waals surface area contributed by atoms with Crippen molar-refractivity contribution >= 4 is 29.9 Å². The molecule has 0 spiro atoms. The summed E-state index contributed by atoms with van der Waals surface area (Å²) in [4.78, 5) is 6.95. The molecule has 1 aromatic rings. The molecule has 1 saturated heterocycles. The fourth-order valence-electron chi connectivity index (χ4n) is 3.37. The predicted molar refractivity (Wildman–Crippen MR) is 130 cm³/mol. The van der Waals surface area contributed by atoms with Crippen molar-refractivity contribution in [1.82, 2.24) is 15.5 Å². The summed E-state index contributed by atoms with van der Waals surface area (Å²) in [6.45, 7) is 10.2. The molecule has 160 valence electrons. The molecular weight excluding hydrogens is 463 g/mol. The fourth-order valence-corrected chi connectivity index (χ4v) is 3.37. The molecule has 0 unspecified atom stereocenters. The van der Waals surface area contributed by atoms with Gasteiger partial charge >= 0.3 is 0 Å². The Balaban J connectivity index is 0.00000392. The summed E-state index contributed by atoms with van der Waals surface area (Å²) in [6, 6.07) is 8.54. The van der Waals surface area contributed by atoms with Crippen LogP contribution >= 0.6 is 24.0 Å². The summed E-state index contributed by atoms with van der Waals surface area (Å²) < 4.78 is 5.69. The molecule has 1 heterocycles. The van der Waals surface area contributed by atoms with Crippen molar-refractivity contribution < 1.29 is 4.74 Å². The van der Waals surface area contributed by atoms with Crippen LogP contribution in [0.3, 0.4) is 0 Å². The quantitative estimate of drug-likeness (QED) is 0.231. The molecule has 1 aliphatic heterocycles. The van der Waals surface area contributed by atoms with Crippen molar-refractivity contribution in [2.45, 2.75) is 65.2 Å². The van der Waals surface area contributed by atoms with E-state index in [-0.39, 0.29) is 30.1 Å². The van der Waals surface area contributed by atoms with Gasteiger partial charge in [-0.3, -0.25) is 4.99 Å². The maximum Gasteiger partial charge on any atom is 0.191 e. The summed E-state index contributed by atoms with van der Waals surface area (Å²) in [7, 11) is 1.83. The number of hydrogen-bond acceptors (Lipinski definition) is 3. The Bertz CT molecular complexity index is 557. The van der Waals surface area contributed by atoms with E-state index < -0.39 is 0 Å². The van der Waals surface area contributed by atoms with Gasteiger partial charge in [-0.25, -0.2) is 0 Å². The molecule has 28 heavy (non-hydrogen) atoms. The summed E-state index contributed by atoms with van der Waals surface area (Å²) in [5.41, 5.74) is 2.45. The topological polar surface area (TPSA) is 48.9 Å². The molecule has 5 nitrogen and oxygen atoms in total. The molecule has 0 atom stereocenters. The van der Waals surface area contributed by atoms with Gasteiger partial charge in [0.05, 0.1) is 12.7 Å². The highest BCUT2D eigenvalue weighted by atomic mass is 127. The second kappa shape index (κ2) is 15.0. The lowest BCUT2D eigenvalue weighted by molar-refractivity contribution is 0.0657. The number of likely N-dealkylation sites (tertiary alicyclic amines) is 1. The van der Waals surface area contributed by atoms with E-state index in [1.54, 1.807) is 0 Å². The summed E-state index contributed by atoms with van der Waals surface area (Å²) >= 11 is 0. The highest BCUT2D eigenvalue weighted by Crippen LogP contribution is 2.10. The SMILES string of the molecule is CN=C(NCCCN1CCCCCC1)NCc1cccc(COC(C)C)c1.I. The number of guanidine groups is 1. The van der Waals surface area contributed by atoms with E-state index in [0.29, 0.717) is 6.61 Å². The van der Waals surface area contributed by atoms with Crippen LogP contribution < -0.4 is 10.6 Å². The Labute approximate surface area is 188 Å². The zero-order valence-corrected chi connectivity index (χ0v) is 20.2. The minimum atomic E-state index is 0. The number of nitrogens with one attached hydrogen (secondary N) is 2. The number of ether oxygens (including phenoxy) is 1. The number of halogens is 1. The first-order valence-corrected chi connectivity index (χ1v) is 10.5. The molecule has 0 radical (unpaired) electrons. The van der Waals surface area contributed by atoms with Crippen LogP contribution in [0.25, 0.3) is 0 Å². The van der Waals surface area contributed by atoms with Crippen LogP contribution in [0.1, 0.15) is 57.1 Å². The number of benzene rings is 1. The van der Waals surface area contributed by atoms with Crippen LogP contribution in [0.5, 0.6) is 0 Å². The minimum Gasteiger partial charge on any atom is -0.374 e. The third-order valence-electron chi connectivity index (χ3n) is 4.90. The van der Waals surface area contributed by atoms with Gasteiger partial charge in [-0.05, 0) is 63.9 Å². The lowest BCUT2D eigenvalue weighted by atomic mass is 10.1. The van der Waals surface area contributed by atoms with E-state index in [0.717, 1.165) is 25.5 Å². The lowest BCUT2D eigenvalue weighted by Crippen LogP contribution is -2.38. The summed E-state index contributed by atoms with van der Waals surface area (Å²) in [5.74, 6) is 0.870. The van der Waals surface area contributed by atoms with Crippen molar-refractivity contribution in [1.29, 1.82) is 0 Å². The standard InChI is InChI=1S/C22H38N4O.HI/c1-19(2)27-18-21-11-8-10-20(16-21)17-25-22(23-3)24-12-9-15-26-13-6-4-5-7-14-26;/h8,10-11,16,19H,4-7,9,12-15,17-18H2,1-3H3,(H2,23,24,25);1H. The predicted octanol–water partition coefficient (Wildman–Crippen LogP) is 4.16. The molecule has 0 aliphatic carbocycles. The van der Waals surface area contributed by atoms with Crippen LogP contribution in [0.15, 0.2) is 29.3 Å². The zero-order chi connectivity index (χ0) is 19.3. The Kier molecular flexibility index (Phi) is 13.5. The molecule has 1 aliphatic rings. The molecular formula is C22H39IN4O. The third kappa shape index (κ3) is 10.6. The van der Waals surface area contributed by atoms with Gasteiger partial charge in [0.1, 0.15) is 0 Å². The lowest BCUT2D eigenvalue weighted by Gasteiger charge is -2.20. The first-order valence-electron chi connectivity index (χ1n) is 10.5. The molecule has 1 fully saturated rings. The molecule has 1 aromatic carbocycles. The van der Waals surface area contributed by atoms with Crippen LogP contribution in [-0.2, 0) is 17.9 Å². The second-order valence-corrected chi connectivity index (χ2v) is 7.64. The van der Waals surface area contributed by atoms with Crippen LogP contribution in [0.4, 0.5) is 0 Å². The number of rotatable bonds is 9. The highest BCUT2D eigenvalue weighted by Gasteiger charge is 2.08. The molecule has 0 aromatic heterocycles. The van der Waals surface area contributed by atoms with Gasteiger partial charge in [-0.2, -0.15) is 0 Å². The summed E-state index contributed by atoms with van der Waals surface area (Å²) in [6.07, 6.45) is 6.93. The van der Waals surface area contributed by atoms with Gasteiger partial charge in [0.15, 0.2) is 5.96 Å².